The molecule has 0 spiro atoms. The third-order valence-electron chi connectivity index (χ3n) is 3.51. The molecule has 0 aromatic rings. The number of hydrogen-bond acceptors (Lipinski definition) is 6. The molecule has 0 aromatic heterocycles. The summed E-state index contributed by atoms with van der Waals surface area (Å²) in [4.78, 5) is 0. The molecular weight excluding hydrogens is 226 g/mol. The van der Waals surface area contributed by atoms with E-state index in [2.05, 4.69) is 0 Å². The van der Waals surface area contributed by atoms with Crippen molar-refractivity contribution in [3.05, 3.63) is 0 Å². The maximum Gasteiger partial charge on any atom is 0.111 e. The molecule has 1 rings (SSSR count). The van der Waals surface area contributed by atoms with E-state index in [1.54, 1.807) is 13.8 Å². The van der Waals surface area contributed by atoms with Crippen molar-refractivity contribution in [3.63, 3.8) is 0 Å². The highest BCUT2D eigenvalue weighted by Gasteiger charge is 2.50. The molecule has 1 aliphatic heterocycles. The summed E-state index contributed by atoms with van der Waals surface area (Å²) in [6.45, 7) is 2.90. The molecule has 0 saturated carbocycles. The van der Waals surface area contributed by atoms with Gasteiger partial charge in [-0.3, -0.25) is 0 Å². The molecule has 6 nitrogen and oxygen atoms in total. The monoisotopic (exact) mass is 245 g/mol. The summed E-state index contributed by atoms with van der Waals surface area (Å²) in [5.74, 6) is 0. The fourth-order valence-electron chi connectivity index (χ4n) is 1.97. The highest BCUT2D eigenvalue weighted by Crippen LogP contribution is 2.35. The van der Waals surface area contributed by atoms with Gasteiger partial charge < -0.3 is 25.2 Å². The third kappa shape index (κ3) is 2.44. The molecule has 17 heavy (non-hydrogen) atoms. The molecule has 6 heteroatoms. The fraction of sp³-hybridized carbons (Fsp3) is 0.909. The summed E-state index contributed by atoms with van der Waals surface area (Å²) >= 11 is 0. The zero-order valence-electron chi connectivity index (χ0n) is 9.95. The molecule has 6 unspecified atom stereocenters. The highest BCUT2D eigenvalue weighted by molar-refractivity contribution is 5.07. The second kappa shape index (κ2) is 5.29. The van der Waals surface area contributed by atoms with E-state index >= 15 is 0 Å². The Morgan fingerprint density at radius 1 is 1.24 bits per heavy atom. The van der Waals surface area contributed by atoms with Crippen molar-refractivity contribution in [2.75, 3.05) is 6.61 Å². The van der Waals surface area contributed by atoms with E-state index in [0.717, 1.165) is 0 Å². The average molecular weight is 245 g/mol. The van der Waals surface area contributed by atoms with Gasteiger partial charge in [-0.25, -0.2) is 0 Å². The quantitative estimate of drug-likeness (QED) is 0.495. The topological polar surface area (TPSA) is 114 Å². The van der Waals surface area contributed by atoms with Crippen LogP contribution in [0.5, 0.6) is 0 Å². The minimum Gasteiger partial charge on any atom is -0.394 e. The van der Waals surface area contributed by atoms with Crippen LogP contribution in [0.25, 0.3) is 0 Å². The molecule has 1 saturated heterocycles. The van der Waals surface area contributed by atoms with Gasteiger partial charge in [0.2, 0.25) is 0 Å². The Balaban J connectivity index is 2.97. The fourth-order valence-corrected chi connectivity index (χ4v) is 1.97. The summed E-state index contributed by atoms with van der Waals surface area (Å²) in [6, 6.07) is 2.05. The molecule has 4 N–H and O–H groups in total. The molecule has 1 heterocycles. The molecule has 1 fully saturated rings. The van der Waals surface area contributed by atoms with Gasteiger partial charge in [-0.15, -0.1) is 0 Å². The Labute approximate surface area is 100 Å². The van der Waals surface area contributed by atoms with Crippen LogP contribution in [0.1, 0.15) is 20.3 Å². The Hall–Kier alpha value is -0.710. The third-order valence-corrected chi connectivity index (χ3v) is 3.51. The zero-order chi connectivity index (χ0) is 13.2. The van der Waals surface area contributed by atoms with Gasteiger partial charge in [-0.1, -0.05) is 6.92 Å². The molecule has 0 aliphatic carbocycles. The minimum absolute atomic E-state index is 0.423. The first-order chi connectivity index (χ1) is 7.91. The van der Waals surface area contributed by atoms with Crippen LogP contribution in [-0.2, 0) is 4.74 Å². The SMILES string of the molecule is CCC(C)(C#N)C1OC(CO)C(O)C(O)C1O. The second-order valence-electron chi connectivity index (χ2n) is 4.63. The van der Waals surface area contributed by atoms with Crippen molar-refractivity contribution in [1.29, 1.82) is 5.26 Å². The van der Waals surface area contributed by atoms with Crippen molar-refractivity contribution in [1.82, 2.24) is 0 Å². The van der Waals surface area contributed by atoms with Gasteiger partial charge in [0, 0.05) is 0 Å². The standard InChI is InChI=1S/C11H19NO5/c1-3-11(2,5-12)10-9(16)8(15)7(14)6(4-13)17-10/h6-10,13-16H,3-4H2,1-2H3. The molecule has 1 aliphatic rings. The van der Waals surface area contributed by atoms with Crippen LogP contribution in [-0.4, -0.2) is 57.6 Å². The number of rotatable bonds is 3. The van der Waals surface area contributed by atoms with Crippen LogP contribution in [0.3, 0.4) is 0 Å². The molecule has 0 bridgehead atoms. The van der Waals surface area contributed by atoms with Gasteiger partial charge in [0.25, 0.3) is 0 Å². The zero-order valence-corrected chi connectivity index (χ0v) is 9.95. The highest BCUT2D eigenvalue weighted by atomic mass is 16.5. The van der Waals surface area contributed by atoms with Crippen LogP contribution in [0.15, 0.2) is 0 Å². The Kier molecular flexibility index (Phi) is 4.47. The van der Waals surface area contributed by atoms with Crippen molar-refractivity contribution >= 4 is 0 Å². The predicted octanol–water partition coefficient (Wildman–Crippen LogP) is -1.23. The second-order valence-corrected chi connectivity index (χ2v) is 4.63. The van der Waals surface area contributed by atoms with Gasteiger partial charge in [0.15, 0.2) is 0 Å². The number of ether oxygens (including phenoxy) is 1. The summed E-state index contributed by atoms with van der Waals surface area (Å²) in [7, 11) is 0. The van der Waals surface area contributed by atoms with Gasteiger partial charge >= 0.3 is 0 Å². The summed E-state index contributed by atoms with van der Waals surface area (Å²) in [5, 5.41) is 47.2. The van der Waals surface area contributed by atoms with Crippen molar-refractivity contribution in [2.45, 2.75) is 50.8 Å². The van der Waals surface area contributed by atoms with E-state index in [1.807, 2.05) is 6.07 Å². The molecular formula is C11H19NO5. The van der Waals surface area contributed by atoms with E-state index in [-0.39, 0.29) is 0 Å². The number of hydrogen-bond donors (Lipinski definition) is 4. The van der Waals surface area contributed by atoms with Crippen LogP contribution in [0.2, 0.25) is 0 Å². The summed E-state index contributed by atoms with van der Waals surface area (Å²) in [5.41, 5.74) is -0.978. The summed E-state index contributed by atoms with van der Waals surface area (Å²) < 4.78 is 5.34. The number of nitrogens with zero attached hydrogens (tertiary/aromatic N) is 1. The van der Waals surface area contributed by atoms with Crippen LogP contribution in [0, 0.1) is 16.7 Å². The van der Waals surface area contributed by atoms with Crippen LogP contribution < -0.4 is 0 Å². The van der Waals surface area contributed by atoms with Crippen LogP contribution >= 0.6 is 0 Å². The maximum absolute atomic E-state index is 9.85. The number of nitriles is 1. The summed E-state index contributed by atoms with van der Waals surface area (Å²) in [6.07, 6.45) is -5.63. The number of aliphatic hydroxyl groups excluding tert-OH is 4. The normalized spacial score (nSPS) is 41.6. The van der Waals surface area contributed by atoms with E-state index in [0.29, 0.717) is 6.42 Å². The van der Waals surface area contributed by atoms with E-state index in [1.165, 1.54) is 0 Å². The van der Waals surface area contributed by atoms with E-state index in [9.17, 15) is 15.3 Å². The van der Waals surface area contributed by atoms with Crippen molar-refractivity contribution in [3.8, 4) is 6.07 Å². The first-order valence-electron chi connectivity index (χ1n) is 5.63. The molecule has 0 amide bonds. The van der Waals surface area contributed by atoms with Gasteiger partial charge in [0.1, 0.15) is 30.5 Å². The van der Waals surface area contributed by atoms with Gasteiger partial charge in [-0.2, -0.15) is 5.26 Å². The first kappa shape index (κ1) is 14.4. The largest absolute Gasteiger partial charge is 0.394 e. The Morgan fingerprint density at radius 3 is 2.24 bits per heavy atom. The molecule has 98 valence electrons. The van der Waals surface area contributed by atoms with Gasteiger partial charge in [0.05, 0.1) is 18.1 Å². The maximum atomic E-state index is 9.85. The lowest BCUT2D eigenvalue weighted by molar-refractivity contribution is -0.248. The smallest absolute Gasteiger partial charge is 0.111 e. The lowest BCUT2D eigenvalue weighted by Gasteiger charge is -2.45. The van der Waals surface area contributed by atoms with Gasteiger partial charge in [-0.05, 0) is 13.3 Å². The predicted molar refractivity (Wildman–Crippen MR) is 57.8 cm³/mol. The van der Waals surface area contributed by atoms with E-state index in [4.69, 9.17) is 15.1 Å². The van der Waals surface area contributed by atoms with Crippen LogP contribution in [0.4, 0.5) is 0 Å². The van der Waals surface area contributed by atoms with Crippen molar-refractivity contribution < 1.29 is 25.2 Å². The Bertz CT molecular complexity index is 303. The number of aliphatic hydroxyl groups is 4. The average Bonchev–Trinajstić information content (AvgIpc) is 2.35. The lowest BCUT2D eigenvalue weighted by Crippen LogP contribution is -2.62. The Morgan fingerprint density at radius 2 is 1.82 bits per heavy atom. The van der Waals surface area contributed by atoms with Crippen molar-refractivity contribution in [2.24, 2.45) is 5.41 Å². The molecule has 0 radical (unpaired) electrons. The minimum atomic E-state index is -1.43. The first-order valence-corrected chi connectivity index (χ1v) is 5.63. The lowest BCUT2D eigenvalue weighted by atomic mass is 9.76. The van der Waals surface area contributed by atoms with E-state index < -0.39 is 42.5 Å². The molecule has 0 aromatic carbocycles. The molecule has 6 atom stereocenters.